The molecule has 1 fully saturated rings. The van der Waals surface area contributed by atoms with Gasteiger partial charge in [-0.15, -0.1) is 11.3 Å². The number of hydrogen-bond acceptors (Lipinski definition) is 6. The zero-order valence-corrected chi connectivity index (χ0v) is 19.6. The molecule has 3 aromatic rings. The summed E-state index contributed by atoms with van der Waals surface area (Å²) >= 11 is 1.58. The van der Waals surface area contributed by atoms with Crippen molar-refractivity contribution in [2.45, 2.75) is 24.7 Å². The molecule has 0 bridgehead atoms. The van der Waals surface area contributed by atoms with E-state index in [0.717, 1.165) is 16.3 Å². The Balaban J connectivity index is 1.45. The molecule has 1 aromatic heterocycles. The van der Waals surface area contributed by atoms with E-state index >= 15 is 0 Å². The predicted octanol–water partition coefficient (Wildman–Crippen LogP) is 4.17. The molecule has 1 saturated heterocycles. The van der Waals surface area contributed by atoms with E-state index in [0.29, 0.717) is 30.8 Å². The minimum atomic E-state index is -3.68. The highest BCUT2D eigenvalue weighted by Crippen LogP contribution is 2.27. The monoisotopic (exact) mass is 471 g/mol. The van der Waals surface area contributed by atoms with E-state index in [4.69, 9.17) is 4.74 Å². The molecule has 0 saturated carbocycles. The number of anilines is 1. The molecular formula is C23H25N3O4S2. The molecule has 0 radical (unpaired) electrons. The molecule has 1 N–H and O–H groups in total. The minimum Gasteiger partial charge on any atom is -0.497 e. The highest BCUT2D eigenvalue weighted by atomic mass is 32.2. The number of methoxy groups -OCH3 is 1. The third-order valence-electron chi connectivity index (χ3n) is 5.50. The van der Waals surface area contributed by atoms with E-state index < -0.39 is 15.9 Å². The lowest BCUT2D eigenvalue weighted by atomic mass is 9.98. The minimum absolute atomic E-state index is 0.158. The van der Waals surface area contributed by atoms with Crippen LogP contribution < -0.4 is 10.1 Å². The fourth-order valence-corrected chi connectivity index (χ4v) is 5.91. The topological polar surface area (TPSA) is 88.6 Å². The molecule has 0 aliphatic carbocycles. The largest absolute Gasteiger partial charge is 0.497 e. The van der Waals surface area contributed by atoms with Crippen LogP contribution in [0.2, 0.25) is 0 Å². The highest BCUT2D eigenvalue weighted by molar-refractivity contribution is 7.89. The molecule has 0 unspecified atom stereocenters. The zero-order valence-electron chi connectivity index (χ0n) is 17.9. The first-order valence-corrected chi connectivity index (χ1v) is 12.7. The standard InChI is InChI=1S/C23H25N3O4S2/c1-16-24-22(15-31-16)17-5-3-7-19(13-17)25-23(27)18-6-4-12-26(14-18)32(28,29)21-10-8-20(30-2)9-11-21/h3,5,7-11,13,15,18H,4,6,12,14H2,1-2H3,(H,25,27)/t18-/m1/s1. The van der Waals surface area contributed by atoms with Crippen LogP contribution in [0.15, 0.2) is 58.8 Å². The van der Waals surface area contributed by atoms with Crippen LogP contribution in [0.4, 0.5) is 5.69 Å². The number of sulfonamides is 1. The normalized spacial score (nSPS) is 17.1. The van der Waals surface area contributed by atoms with E-state index in [1.807, 2.05) is 36.6 Å². The summed E-state index contributed by atoms with van der Waals surface area (Å²) in [4.78, 5) is 17.6. The lowest BCUT2D eigenvalue weighted by Crippen LogP contribution is -2.43. The molecule has 1 aliphatic heterocycles. The lowest BCUT2D eigenvalue weighted by molar-refractivity contribution is -0.120. The van der Waals surface area contributed by atoms with Gasteiger partial charge in [0, 0.05) is 29.7 Å². The van der Waals surface area contributed by atoms with Gasteiger partial charge in [0.25, 0.3) is 0 Å². The summed E-state index contributed by atoms with van der Waals surface area (Å²) in [6.07, 6.45) is 1.27. The van der Waals surface area contributed by atoms with Crippen molar-refractivity contribution in [3.05, 3.63) is 58.9 Å². The molecule has 0 spiro atoms. The number of aromatic nitrogens is 1. The number of carbonyl (C=O) groups excluding carboxylic acids is 1. The van der Waals surface area contributed by atoms with Gasteiger partial charge in [0.15, 0.2) is 0 Å². The van der Waals surface area contributed by atoms with E-state index in [1.165, 1.54) is 23.5 Å². The molecule has 4 rings (SSSR count). The lowest BCUT2D eigenvalue weighted by Gasteiger charge is -2.31. The Bertz CT molecular complexity index is 1210. The van der Waals surface area contributed by atoms with Gasteiger partial charge >= 0.3 is 0 Å². The molecule has 2 heterocycles. The molecule has 1 atom stereocenters. The van der Waals surface area contributed by atoms with Gasteiger partial charge < -0.3 is 10.1 Å². The van der Waals surface area contributed by atoms with Crippen LogP contribution in [0.5, 0.6) is 5.75 Å². The van der Waals surface area contributed by atoms with Crippen molar-refractivity contribution in [1.82, 2.24) is 9.29 Å². The second-order valence-electron chi connectivity index (χ2n) is 7.70. The zero-order chi connectivity index (χ0) is 22.7. The molecule has 9 heteroatoms. The molecule has 168 valence electrons. The third-order valence-corrected chi connectivity index (χ3v) is 8.15. The summed E-state index contributed by atoms with van der Waals surface area (Å²) in [6, 6.07) is 13.9. The number of benzene rings is 2. The van der Waals surface area contributed by atoms with Gasteiger partial charge in [0.05, 0.1) is 28.6 Å². The van der Waals surface area contributed by atoms with Crippen molar-refractivity contribution >= 4 is 33.0 Å². The first-order valence-electron chi connectivity index (χ1n) is 10.3. The van der Waals surface area contributed by atoms with Crippen molar-refractivity contribution < 1.29 is 17.9 Å². The van der Waals surface area contributed by atoms with E-state index in [1.54, 1.807) is 23.5 Å². The Hall–Kier alpha value is -2.75. The summed E-state index contributed by atoms with van der Waals surface area (Å²) in [5.41, 5.74) is 2.48. The van der Waals surface area contributed by atoms with Crippen molar-refractivity contribution in [2.24, 2.45) is 5.92 Å². The Kier molecular flexibility index (Phi) is 6.59. The first kappa shape index (κ1) is 22.4. The predicted molar refractivity (Wildman–Crippen MR) is 125 cm³/mol. The number of ether oxygens (including phenoxy) is 1. The van der Waals surface area contributed by atoms with E-state index in [9.17, 15) is 13.2 Å². The number of thiazole rings is 1. The number of hydrogen-bond donors (Lipinski definition) is 1. The summed E-state index contributed by atoms with van der Waals surface area (Å²) < 4.78 is 32.6. The van der Waals surface area contributed by atoms with Crippen LogP contribution in [0, 0.1) is 12.8 Å². The average molecular weight is 472 g/mol. The second-order valence-corrected chi connectivity index (χ2v) is 10.7. The van der Waals surface area contributed by atoms with Crippen LogP contribution in [-0.2, 0) is 14.8 Å². The third kappa shape index (κ3) is 4.85. The van der Waals surface area contributed by atoms with Gasteiger partial charge in [0.2, 0.25) is 15.9 Å². The summed E-state index contributed by atoms with van der Waals surface area (Å²) in [6.45, 7) is 2.51. The summed E-state index contributed by atoms with van der Waals surface area (Å²) in [5, 5.41) is 5.92. The van der Waals surface area contributed by atoms with Gasteiger partial charge in [-0.05, 0) is 56.2 Å². The van der Waals surface area contributed by atoms with E-state index in [2.05, 4.69) is 10.3 Å². The Morgan fingerprint density at radius 1 is 1.22 bits per heavy atom. The molecule has 32 heavy (non-hydrogen) atoms. The van der Waals surface area contributed by atoms with Crippen molar-refractivity contribution in [3.8, 4) is 17.0 Å². The van der Waals surface area contributed by atoms with Gasteiger partial charge in [-0.3, -0.25) is 4.79 Å². The number of rotatable bonds is 6. The number of piperidine rings is 1. The first-order chi connectivity index (χ1) is 15.4. The Morgan fingerprint density at radius 2 is 2.00 bits per heavy atom. The molecule has 7 nitrogen and oxygen atoms in total. The number of aryl methyl sites for hydroxylation is 1. The van der Waals surface area contributed by atoms with E-state index in [-0.39, 0.29) is 17.3 Å². The Morgan fingerprint density at radius 3 is 2.69 bits per heavy atom. The molecule has 1 amide bonds. The number of carbonyl (C=O) groups is 1. The summed E-state index contributed by atoms with van der Waals surface area (Å²) in [5.74, 6) is 0.00285. The van der Waals surface area contributed by atoms with Crippen molar-refractivity contribution in [1.29, 1.82) is 0 Å². The van der Waals surface area contributed by atoms with Gasteiger partial charge in [-0.25, -0.2) is 13.4 Å². The Labute approximate surface area is 192 Å². The quantitative estimate of drug-likeness (QED) is 0.583. The van der Waals surface area contributed by atoms with Crippen LogP contribution in [0.1, 0.15) is 17.8 Å². The average Bonchev–Trinajstić information content (AvgIpc) is 3.25. The number of amides is 1. The summed E-state index contributed by atoms with van der Waals surface area (Å²) in [7, 11) is -2.14. The van der Waals surface area contributed by atoms with Gasteiger partial charge in [0.1, 0.15) is 5.75 Å². The highest BCUT2D eigenvalue weighted by Gasteiger charge is 2.33. The number of nitrogens with zero attached hydrogens (tertiary/aromatic N) is 2. The fraction of sp³-hybridized carbons (Fsp3) is 0.304. The smallest absolute Gasteiger partial charge is 0.243 e. The van der Waals surface area contributed by atoms with Crippen molar-refractivity contribution in [2.75, 3.05) is 25.5 Å². The second kappa shape index (κ2) is 9.40. The van der Waals surface area contributed by atoms with Gasteiger partial charge in [-0.1, -0.05) is 12.1 Å². The number of nitrogens with one attached hydrogen (secondary N) is 1. The molecular weight excluding hydrogens is 446 g/mol. The SMILES string of the molecule is COc1ccc(S(=O)(=O)N2CCC[C@@H](C(=O)Nc3cccc(-c4csc(C)n4)c3)C2)cc1. The molecule has 1 aliphatic rings. The van der Waals surface area contributed by atoms with Crippen LogP contribution >= 0.6 is 11.3 Å². The maximum absolute atomic E-state index is 13.1. The van der Waals surface area contributed by atoms with Crippen LogP contribution in [0.25, 0.3) is 11.3 Å². The van der Waals surface area contributed by atoms with Crippen molar-refractivity contribution in [3.63, 3.8) is 0 Å². The van der Waals surface area contributed by atoms with Crippen LogP contribution in [-0.4, -0.2) is 43.8 Å². The van der Waals surface area contributed by atoms with Crippen LogP contribution in [0.3, 0.4) is 0 Å². The maximum atomic E-state index is 13.1. The fourth-order valence-electron chi connectivity index (χ4n) is 3.77. The maximum Gasteiger partial charge on any atom is 0.243 e. The molecule has 2 aromatic carbocycles. The van der Waals surface area contributed by atoms with Gasteiger partial charge in [-0.2, -0.15) is 4.31 Å².